The molecule has 0 radical (unpaired) electrons. The summed E-state index contributed by atoms with van der Waals surface area (Å²) in [5.41, 5.74) is -0.417. The van der Waals surface area contributed by atoms with Crippen molar-refractivity contribution in [1.29, 1.82) is 0 Å². The molecule has 2 amide bonds. The highest BCUT2D eigenvalue weighted by atomic mass is 16.3. The molecular weight excluding hydrogens is 256 g/mol. The lowest BCUT2D eigenvalue weighted by atomic mass is 9.84. The number of rotatable bonds is 5. The van der Waals surface area contributed by atoms with Crippen LogP contribution in [0.2, 0.25) is 0 Å². The number of aliphatic hydroxyl groups is 1. The van der Waals surface area contributed by atoms with Gasteiger partial charge in [-0.3, -0.25) is 14.5 Å². The summed E-state index contributed by atoms with van der Waals surface area (Å²) in [6, 6.07) is 0.579. The minimum Gasteiger partial charge on any atom is -0.390 e. The van der Waals surface area contributed by atoms with E-state index in [0.717, 1.165) is 25.7 Å². The Morgan fingerprint density at radius 3 is 2.60 bits per heavy atom. The second kappa shape index (κ2) is 5.11. The summed E-state index contributed by atoms with van der Waals surface area (Å²) in [7, 11) is 1.99. The van der Waals surface area contributed by atoms with E-state index in [9.17, 15) is 14.7 Å². The summed E-state index contributed by atoms with van der Waals surface area (Å²) < 4.78 is 0. The summed E-state index contributed by atoms with van der Waals surface area (Å²) in [6.07, 6.45) is 5.86. The largest absolute Gasteiger partial charge is 0.390 e. The van der Waals surface area contributed by atoms with Crippen LogP contribution in [0.15, 0.2) is 0 Å². The van der Waals surface area contributed by atoms with Crippen molar-refractivity contribution < 1.29 is 14.7 Å². The maximum Gasteiger partial charge on any atom is 0.235 e. The van der Waals surface area contributed by atoms with E-state index in [2.05, 4.69) is 4.90 Å². The molecular formula is C15H24N2O3. The molecule has 1 unspecified atom stereocenters. The normalized spacial score (nSPS) is 27.1. The number of carbonyl (C=O) groups is 2. The van der Waals surface area contributed by atoms with Crippen LogP contribution in [0.4, 0.5) is 0 Å². The molecule has 0 aromatic carbocycles. The van der Waals surface area contributed by atoms with Gasteiger partial charge < -0.3 is 10.0 Å². The van der Waals surface area contributed by atoms with E-state index in [4.69, 9.17) is 0 Å². The van der Waals surface area contributed by atoms with Crippen LogP contribution in [-0.2, 0) is 9.59 Å². The molecule has 5 heteroatoms. The monoisotopic (exact) mass is 280 g/mol. The van der Waals surface area contributed by atoms with Gasteiger partial charge in [0.2, 0.25) is 11.8 Å². The van der Waals surface area contributed by atoms with Gasteiger partial charge in [-0.1, -0.05) is 12.8 Å². The number of β-amino-alcohol motifs (C(OH)–C–C–N with tert-alkyl or cyclic N) is 1. The van der Waals surface area contributed by atoms with Gasteiger partial charge in [0, 0.05) is 19.0 Å². The molecule has 1 saturated heterocycles. The van der Waals surface area contributed by atoms with Crippen LogP contribution in [0.25, 0.3) is 0 Å². The summed E-state index contributed by atoms with van der Waals surface area (Å²) >= 11 is 0. The van der Waals surface area contributed by atoms with Crippen molar-refractivity contribution >= 4 is 11.8 Å². The quantitative estimate of drug-likeness (QED) is 0.755. The number of imide groups is 1. The zero-order chi connectivity index (χ0) is 14.3. The zero-order valence-electron chi connectivity index (χ0n) is 12.2. The Hall–Kier alpha value is -0.940. The van der Waals surface area contributed by atoms with Crippen LogP contribution in [0, 0.1) is 5.41 Å². The summed E-state index contributed by atoms with van der Waals surface area (Å²) in [6.45, 7) is 0.700. The fraction of sp³-hybridized carbons (Fsp3) is 0.867. The molecule has 3 rings (SSSR count). The van der Waals surface area contributed by atoms with E-state index in [1.165, 1.54) is 17.7 Å². The Morgan fingerprint density at radius 1 is 1.35 bits per heavy atom. The number of likely N-dealkylation sites (tertiary alicyclic amines) is 1. The first-order chi connectivity index (χ1) is 9.52. The predicted octanol–water partition coefficient (Wildman–Crippen LogP) is 0.761. The molecule has 5 nitrogen and oxygen atoms in total. The molecule has 0 bridgehead atoms. The number of carbonyl (C=O) groups excluding carboxylic acids is 2. The summed E-state index contributed by atoms with van der Waals surface area (Å²) in [5.74, 6) is -0.127. The van der Waals surface area contributed by atoms with Gasteiger partial charge in [0.05, 0.1) is 18.1 Å². The zero-order valence-corrected chi connectivity index (χ0v) is 12.2. The van der Waals surface area contributed by atoms with Crippen LogP contribution in [0.5, 0.6) is 0 Å². The predicted molar refractivity (Wildman–Crippen MR) is 73.9 cm³/mol. The van der Waals surface area contributed by atoms with Gasteiger partial charge in [0.15, 0.2) is 0 Å². The van der Waals surface area contributed by atoms with E-state index in [1.54, 1.807) is 0 Å². The minimum absolute atomic E-state index is 0.0341. The Balaban J connectivity index is 1.59. The molecule has 112 valence electrons. The van der Waals surface area contributed by atoms with Crippen molar-refractivity contribution in [1.82, 2.24) is 9.80 Å². The first kappa shape index (κ1) is 14.0. The van der Waals surface area contributed by atoms with Crippen molar-refractivity contribution in [2.75, 3.05) is 20.1 Å². The maximum absolute atomic E-state index is 12.5. The third-order valence-corrected chi connectivity index (χ3v) is 5.11. The van der Waals surface area contributed by atoms with Gasteiger partial charge in [0.25, 0.3) is 0 Å². The van der Waals surface area contributed by atoms with Crippen LogP contribution in [-0.4, -0.2) is 59.0 Å². The third kappa shape index (κ3) is 2.49. The summed E-state index contributed by atoms with van der Waals surface area (Å²) in [4.78, 5) is 28.0. The van der Waals surface area contributed by atoms with E-state index >= 15 is 0 Å². The van der Waals surface area contributed by atoms with Gasteiger partial charge in [0.1, 0.15) is 0 Å². The van der Waals surface area contributed by atoms with Gasteiger partial charge in [-0.05, 0) is 32.7 Å². The van der Waals surface area contributed by atoms with Crippen molar-refractivity contribution in [3.63, 3.8) is 0 Å². The fourth-order valence-corrected chi connectivity index (χ4v) is 3.75. The lowest BCUT2D eigenvalue weighted by Gasteiger charge is -2.25. The SMILES string of the molecule is CN(CC(O)CN1C(=O)CC2(CCCC2)C1=O)C1CC1. The van der Waals surface area contributed by atoms with Gasteiger partial charge in [-0.2, -0.15) is 0 Å². The van der Waals surface area contributed by atoms with Crippen LogP contribution < -0.4 is 0 Å². The second-order valence-electron chi connectivity index (χ2n) is 6.80. The van der Waals surface area contributed by atoms with Gasteiger partial charge in [-0.15, -0.1) is 0 Å². The Morgan fingerprint density at radius 2 is 2.00 bits per heavy atom. The van der Waals surface area contributed by atoms with Crippen LogP contribution in [0.1, 0.15) is 44.9 Å². The molecule has 0 aromatic rings. The molecule has 20 heavy (non-hydrogen) atoms. The third-order valence-electron chi connectivity index (χ3n) is 5.11. The standard InChI is InChI=1S/C15H24N2O3/c1-16(11-4-5-11)9-12(18)10-17-13(19)8-15(14(17)20)6-2-3-7-15/h11-12,18H,2-10H2,1H3. The molecule has 1 spiro atoms. The van der Waals surface area contributed by atoms with Crippen molar-refractivity contribution in [3.05, 3.63) is 0 Å². The van der Waals surface area contributed by atoms with Crippen molar-refractivity contribution in [2.45, 2.75) is 57.1 Å². The molecule has 3 aliphatic rings. The molecule has 1 heterocycles. The summed E-state index contributed by atoms with van der Waals surface area (Å²) in [5, 5.41) is 10.1. The average Bonchev–Trinajstić information content (AvgIpc) is 3.11. The second-order valence-corrected chi connectivity index (χ2v) is 6.80. The number of aliphatic hydroxyl groups excluding tert-OH is 1. The first-order valence-electron chi connectivity index (χ1n) is 7.75. The van der Waals surface area contributed by atoms with Crippen molar-refractivity contribution in [3.8, 4) is 0 Å². The average molecular weight is 280 g/mol. The van der Waals surface area contributed by atoms with Gasteiger partial charge >= 0.3 is 0 Å². The number of amides is 2. The molecule has 1 aliphatic heterocycles. The van der Waals surface area contributed by atoms with E-state index in [-0.39, 0.29) is 18.4 Å². The first-order valence-corrected chi connectivity index (χ1v) is 7.75. The highest BCUT2D eigenvalue weighted by Gasteiger charge is 2.52. The smallest absolute Gasteiger partial charge is 0.235 e. The van der Waals surface area contributed by atoms with Gasteiger partial charge in [-0.25, -0.2) is 0 Å². The van der Waals surface area contributed by atoms with Crippen LogP contribution >= 0.6 is 0 Å². The number of likely N-dealkylation sites (N-methyl/N-ethyl adjacent to an activating group) is 1. The lowest BCUT2D eigenvalue weighted by molar-refractivity contribution is -0.143. The Bertz CT molecular complexity index is 413. The molecule has 2 aliphatic carbocycles. The number of nitrogens with zero attached hydrogens (tertiary/aromatic N) is 2. The topological polar surface area (TPSA) is 60.9 Å². The number of hydrogen-bond acceptors (Lipinski definition) is 4. The maximum atomic E-state index is 12.5. The van der Waals surface area contributed by atoms with E-state index < -0.39 is 11.5 Å². The molecule has 1 N–H and O–H groups in total. The Kier molecular flexibility index (Phi) is 3.58. The van der Waals surface area contributed by atoms with E-state index in [0.29, 0.717) is 19.0 Å². The highest BCUT2D eigenvalue weighted by Crippen LogP contribution is 2.46. The molecule has 0 aromatic heterocycles. The molecule has 2 saturated carbocycles. The Labute approximate surface area is 119 Å². The molecule has 3 fully saturated rings. The number of hydrogen-bond donors (Lipinski definition) is 1. The van der Waals surface area contributed by atoms with E-state index in [1.807, 2.05) is 7.05 Å². The van der Waals surface area contributed by atoms with Crippen LogP contribution in [0.3, 0.4) is 0 Å². The minimum atomic E-state index is -0.634. The highest BCUT2D eigenvalue weighted by molar-refractivity contribution is 6.06. The van der Waals surface area contributed by atoms with Crippen molar-refractivity contribution in [2.24, 2.45) is 5.41 Å². The fourth-order valence-electron chi connectivity index (χ4n) is 3.75. The molecule has 1 atom stereocenters. The lowest BCUT2D eigenvalue weighted by Crippen LogP contribution is -2.43.